The lowest BCUT2D eigenvalue weighted by atomic mass is 10.0. The number of para-hydroxylation sites is 2. The number of fused-ring (bicyclic) bond motifs is 1. The first-order chi connectivity index (χ1) is 8.09. The van der Waals surface area contributed by atoms with Gasteiger partial charge in [0.25, 0.3) is 0 Å². The van der Waals surface area contributed by atoms with Crippen molar-refractivity contribution in [2.45, 2.75) is 39.7 Å². The molecule has 1 aromatic carbocycles. The Balaban J connectivity index is 2.34. The highest BCUT2D eigenvalue weighted by Crippen LogP contribution is 2.23. The maximum Gasteiger partial charge on any atom is 0.178 e. The van der Waals surface area contributed by atoms with E-state index in [1.54, 1.807) is 0 Å². The van der Waals surface area contributed by atoms with Gasteiger partial charge in [-0.3, -0.25) is 0 Å². The van der Waals surface area contributed by atoms with Gasteiger partial charge in [-0.15, -0.1) is 0 Å². The lowest BCUT2D eigenvalue weighted by molar-refractivity contribution is 0.443. The van der Waals surface area contributed by atoms with Crippen LogP contribution in [0.3, 0.4) is 0 Å². The summed E-state index contributed by atoms with van der Waals surface area (Å²) >= 11 is 5.42. The predicted molar refractivity (Wildman–Crippen MR) is 75.9 cm³/mol. The van der Waals surface area contributed by atoms with Crippen molar-refractivity contribution in [2.24, 2.45) is 5.92 Å². The summed E-state index contributed by atoms with van der Waals surface area (Å²) in [6, 6.07) is 8.78. The summed E-state index contributed by atoms with van der Waals surface area (Å²) in [5.74, 6) is 0.747. The quantitative estimate of drug-likeness (QED) is 0.778. The summed E-state index contributed by atoms with van der Waals surface area (Å²) in [5.41, 5.74) is 2.35. The van der Waals surface area contributed by atoms with Crippen molar-refractivity contribution >= 4 is 23.3 Å². The second-order valence-electron chi connectivity index (χ2n) is 5.14. The van der Waals surface area contributed by atoms with Crippen molar-refractivity contribution in [3.8, 4) is 0 Å². The van der Waals surface area contributed by atoms with Crippen molar-refractivity contribution < 1.29 is 0 Å². The Morgan fingerprint density at radius 1 is 1.18 bits per heavy atom. The van der Waals surface area contributed by atoms with E-state index in [0.29, 0.717) is 6.04 Å². The van der Waals surface area contributed by atoms with Crippen LogP contribution < -0.4 is 0 Å². The number of rotatable bonds is 4. The molecular formula is C14H20N2S. The average molecular weight is 248 g/mol. The molecule has 0 amide bonds. The van der Waals surface area contributed by atoms with Crippen molar-refractivity contribution in [1.29, 1.82) is 0 Å². The number of hydrogen-bond acceptors (Lipinski definition) is 1. The van der Waals surface area contributed by atoms with Crippen molar-refractivity contribution in [3.63, 3.8) is 0 Å². The minimum absolute atomic E-state index is 0.459. The largest absolute Gasteiger partial charge is 0.331 e. The highest BCUT2D eigenvalue weighted by atomic mass is 32.1. The first-order valence-electron chi connectivity index (χ1n) is 6.29. The molecule has 0 spiro atoms. The fourth-order valence-corrected chi connectivity index (χ4v) is 2.60. The van der Waals surface area contributed by atoms with Crippen LogP contribution in [0.25, 0.3) is 11.0 Å². The number of nitrogens with one attached hydrogen (secondary N) is 1. The Kier molecular flexibility index (Phi) is 3.67. The molecule has 0 aliphatic heterocycles. The van der Waals surface area contributed by atoms with E-state index in [1.807, 2.05) is 6.07 Å². The topological polar surface area (TPSA) is 20.7 Å². The number of aromatic nitrogens is 2. The highest BCUT2D eigenvalue weighted by molar-refractivity contribution is 7.71. The Morgan fingerprint density at radius 3 is 2.59 bits per heavy atom. The third-order valence-corrected chi connectivity index (χ3v) is 3.53. The molecule has 2 nitrogen and oxygen atoms in total. The van der Waals surface area contributed by atoms with Gasteiger partial charge in [-0.25, -0.2) is 0 Å². The fraction of sp³-hybridized carbons (Fsp3) is 0.500. The number of aromatic amines is 1. The van der Waals surface area contributed by atoms with Crippen molar-refractivity contribution in [2.75, 3.05) is 0 Å². The second-order valence-corrected chi connectivity index (χ2v) is 5.52. The molecule has 0 saturated heterocycles. The van der Waals surface area contributed by atoms with E-state index >= 15 is 0 Å². The first kappa shape index (κ1) is 12.4. The third-order valence-electron chi connectivity index (χ3n) is 3.23. The van der Waals surface area contributed by atoms with Crippen LogP contribution in [0.2, 0.25) is 0 Å². The van der Waals surface area contributed by atoms with Gasteiger partial charge in [0.1, 0.15) is 0 Å². The standard InChI is InChI=1S/C14H20N2S/c1-10(2)8-9-11(3)16-13-7-5-4-6-12(13)15-14(16)17/h4-7,10-11H,8-9H2,1-3H3,(H,15,17). The van der Waals surface area contributed by atoms with Gasteiger partial charge in [-0.1, -0.05) is 26.0 Å². The molecule has 17 heavy (non-hydrogen) atoms. The van der Waals surface area contributed by atoms with Crippen LogP contribution >= 0.6 is 12.2 Å². The molecule has 0 aliphatic rings. The normalized spacial score (nSPS) is 13.4. The molecule has 0 fully saturated rings. The molecule has 2 rings (SSSR count). The van der Waals surface area contributed by atoms with Crippen LogP contribution in [0.15, 0.2) is 24.3 Å². The Hall–Kier alpha value is -1.09. The van der Waals surface area contributed by atoms with E-state index in [4.69, 9.17) is 12.2 Å². The van der Waals surface area contributed by atoms with E-state index in [0.717, 1.165) is 16.2 Å². The van der Waals surface area contributed by atoms with Gasteiger partial charge in [0.15, 0.2) is 4.77 Å². The Bertz CT molecular complexity index is 551. The average Bonchev–Trinajstić information content (AvgIpc) is 2.61. The summed E-state index contributed by atoms with van der Waals surface area (Å²) in [6.07, 6.45) is 2.41. The van der Waals surface area contributed by atoms with Crippen LogP contribution in [-0.2, 0) is 0 Å². The predicted octanol–water partition coefficient (Wildman–Crippen LogP) is 4.70. The smallest absolute Gasteiger partial charge is 0.178 e. The van der Waals surface area contributed by atoms with Gasteiger partial charge in [0, 0.05) is 6.04 Å². The van der Waals surface area contributed by atoms with Crippen LogP contribution in [0.4, 0.5) is 0 Å². The zero-order chi connectivity index (χ0) is 12.4. The maximum absolute atomic E-state index is 5.42. The minimum Gasteiger partial charge on any atom is -0.331 e. The minimum atomic E-state index is 0.459. The Labute approximate surface area is 108 Å². The van der Waals surface area contributed by atoms with Crippen LogP contribution in [0.1, 0.15) is 39.7 Å². The molecule has 2 aromatic rings. The van der Waals surface area contributed by atoms with Gasteiger partial charge in [-0.05, 0) is 50.0 Å². The van der Waals surface area contributed by atoms with Gasteiger partial charge < -0.3 is 9.55 Å². The molecule has 0 bridgehead atoms. The number of benzene rings is 1. The van der Waals surface area contributed by atoms with Crippen LogP contribution in [0, 0.1) is 10.7 Å². The molecule has 0 radical (unpaired) electrons. The maximum atomic E-state index is 5.42. The third kappa shape index (κ3) is 2.60. The molecule has 1 unspecified atom stereocenters. The van der Waals surface area contributed by atoms with E-state index in [2.05, 4.69) is 48.5 Å². The van der Waals surface area contributed by atoms with Gasteiger partial charge in [0.05, 0.1) is 11.0 Å². The van der Waals surface area contributed by atoms with E-state index in [1.165, 1.54) is 18.4 Å². The molecule has 1 atom stereocenters. The van der Waals surface area contributed by atoms with Gasteiger partial charge >= 0.3 is 0 Å². The molecule has 1 N–H and O–H groups in total. The monoisotopic (exact) mass is 248 g/mol. The van der Waals surface area contributed by atoms with E-state index in [9.17, 15) is 0 Å². The SMILES string of the molecule is CC(C)CCC(C)n1c(=S)[nH]c2ccccc21. The molecule has 0 saturated carbocycles. The first-order valence-corrected chi connectivity index (χ1v) is 6.69. The molecule has 1 aromatic heterocycles. The summed E-state index contributed by atoms with van der Waals surface area (Å²) in [4.78, 5) is 3.27. The van der Waals surface area contributed by atoms with E-state index in [-0.39, 0.29) is 0 Å². The van der Waals surface area contributed by atoms with Crippen molar-refractivity contribution in [3.05, 3.63) is 29.0 Å². The van der Waals surface area contributed by atoms with Gasteiger partial charge in [-0.2, -0.15) is 0 Å². The highest BCUT2D eigenvalue weighted by Gasteiger charge is 2.11. The summed E-state index contributed by atoms with van der Waals surface area (Å²) in [7, 11) is 0. The molecular weight excluding hydrogens is 228 g/mol. The number of imidazole rings is 1. The Morgan fingerprint density at radius 2 is 1.88 bits per heavy atom. The zero-order valence-corrected chi connectivity index (χ0v) is 11.6. The fourth-order valence-electron chi connectivity index (χ4n) is 2.22. The summed E-state index contributed by atoms with van der Waals surface area (Å²) in [5, 5.41) is 0. The summed E-state index contributed by atoms with van der Waals surface area (Å²) in [6.45, 7) is 6.78. The number of hydrogen-bond donors (Lipinski definition) is 1. The lowest BCUT2D eigenvalue weighted by Crippen LogP contribution is -2.06. The van der Waals surface area contributed by atoms with Crippen LogP contribution in [0.5, 0.6) is 0 Å². The second kappa shape index (κ2) is 5.05. The molecule has 1 heterocycles. The van der Waals surface area contributed by atoms with E-state index < -0.39 is 0 Å². The van der Waals surface area contributed by atoms with Crippen molar-refractivity contribution in [1.82, 2.24) is 9.55 Å². The van der Waals surface area contributed by atoms with Crippen LogP contribution in [-0.4, -0.2) is 9.55 Å². The number of nitrogens with zero attached hydrogens (tertiary/aromatic N) is 1. The number of H-pyrrole nitrogens is 1. The molecule has 3 heteroatoms. The molecule has 92 valence electrons. The lowest BCUT2D eigenvalue weighted by Gasteiger charge is -2.15. The van der Waals surface area contributed by atoms with Gasteiger partial charge in [0.2, 0.25) is 0 Å². The molecule has 0 aliphatic carbocycles. The summed E-state index contributed by atoms with van der Waals surface area (Å²) < 4.78 is 3.08. The zero-order valence-electron chi connectivity index (χ0n) is 10.7.